The van der Waals surface area contributed by atoms with Crippen LogP contribution in [0.25, 0.3) is 0 Å². The number of aromatic nitrogens is 2. The third kappa shape index (κ3) is 7.67. The lowest BCUT2D eigenvalue weighted by Gasteiger charge is -2.21. The fraction of sp³-hybridized carbons (Fsp3) is 0.571. The summed E-state index contributed by atoms with van der Waals surface area (Å²) in [5, 5.41) is 3.91. The maximum absolute atomic E-state index is 12.1. The molecule has 1 aromatic heterocycles. The summed E-state index contributed by atoms with van der Waals surface area (Å²) >= 11 is 1.43. The van der Waals surface area contributed by atoms with Gasteiger partial charge in [-0.1, -0.05) is 57.0 Å². The van der Waals surface area contributed by atoms with Crippen LogP contribution in [0.15, 0.2) is 24.3 Å². The van der Waals surface area contributed by atoms with Crippen molar-refractivity contribution in [1.29, 1.82) is 0 Å². The molecule has 2 rings (SSSR count). The number of nitrogens with zero attached hydrogens (tertiary/aromatic N) is 3. The van der Waals surface area contributed by atoms with Crippen LogP contribution in [0.2, 0.25) is 0 Å². The van der Waals surface area contributed by atoms with Crippen molar-refractivity contribution in [3.05, 3.63) is 41.2 Å². The molecule has 0 saturated carbocycles. The molecule has 0 aliphatic carbocycles. The summed E-state index contributed by atoms with van der Waals surface area (Å²) in [5.41, 5.74) is 2.48. The van der Waals surface area contributed by atoms with Gasteiger partial charge in [0.2, 0.25) is 11.0 Å². The second-order valence-corrected chi connectivity index (χ2v) is 8.17. The second-order valence-electron chi connectivity index (χ2n) is 7.44. The van der Waals surface area contributed by atoms with Gasteiger partial charge >= 0.3 is 0 Å². The summed E-state index contributed by atoms with van der Waals surface area (Å²) in [6, 6.07) is 8.49. The van der Waals surface area contributed by atoms with Gasteiger partial charge in [-0.05, 0) is 24.8 Å². The molecule has 0 unspecified atom stereocenters. The molecular formula is C21H32N4OS. The average molecular weight is 389 g/mol. The summed E-state index contributed by atoms with van der Waals surface area (Å²) in [5.74, 6) is 1.43. The first-order valence-corrected chi connectivity index (χ1v) is 10.6. The number of benzene rings is 1. The number of hydrogen-bond donors (Lipinski definition) is 1. The largest absolute Gasteiger partial charge is 0.356 e. The van der Waals surface area contributed by atoms with E-state index < -0.39 is 0 Å². The van der Waals surface area contributed by atoms with Crippen molar-refractivity contribution in [3.8, 4) is 0 Å². The van der Waals surface area contributed by atoms with Crippen molar-refractivity contribution >= 4 is 22.6 Å². The van der Waals surface area contributed by atoms with E-state index >= 15 is 0 Å². The molecular weight excluding hydrogens is 356 g/mol. The number of aryl methyl sites for hydroxylation is 1. The van der Waals surface area contributed by atoms with Crippen molar-refractivity contribution in [2.45, 2.75) is 53.4 Å². The van der Waals surface area contributed by atoms with Crippen molar-refractivity contribution in [1.82, 2.24) is 14.7 Å². The lowest BCUT2D eigenvalue weighted by molar-refractivity contribution is -0.121. The lowest BCUT2D eigenvalue weighted by atomic mass is 10.1. The third-order valence-electron chi connectivity index (χ3n) is 4.31. The number of anilines is 1. The second kappa shape index (κ2) is 11.0. The Hall–Kier alpha value is -1.95. The minimum atomic E-state index is 0.106. The van der Waals surface area contributed by atoms with Crippen LogP contribution in [-0.4, -0.2) is 34.9 Å². The zero-order valence-electron chi connectivity index (χ0n) is 17.0. The van der Waals surface area contributed by atoms with Crippen LogP contribution in [0.5, 0.6) is 0 Å². The average Bonchev–Trinajstić information content (AvgIpc) is 3.10. The standard InChI is InChI=1S/C21H32N4OS/c1-5-6-12-25(13-11-20(26)22-15-16(2)3)21-23-19(24-27-21)14-18-9-7-17(4)8-10-18/h7-10,16H,5-6,11-15H2,1-4H3,(H,22,26). The number of nitrogens with one attached hydrogen (secondary N) is 1. The first-order valence-electron chi connectivity index (χ1n) is 9.87. The molecule has 0 aliphatic heterocycles. The maximum Gasteiger partial charge on any atom is 0.221 e. The molecule has 1 heterocycles. The van der Waals surface area contributed by atoms with Crippen LogP contribution in [0.1, 0.15) is 57.0 Å². The highest BCUT2D eigenvalue weighted by molar-refractivity contribution is 7.09. The molecule has 27 heavy (non-hydrogen) atoms. The van der Waals surface area contributed by atoms with Crippen molar-refractivity contribution < 1.29 is 4.79 Å². The Bertz CT molecular complexity index is 696. The fourth-order valence-corrected chi connectivity index (χ4v) is 3.37. The predicted octanol–water partition coefficient (Wildman–Crippen LogP) is 4.21. The Balaban J connectivity index is 1.95. The fourth-order valence-electron chi connectivity index (χ4n) is 2.63. The molecule has 1 aromatic carbocycles. The smallest absolute Gasteiger partial charge is 0.221 e. The molecule has 5 nitrogen and oxygen atoms in total. The molecule has 0 bridgehead atoms. The van der Waals surface area contributed by atoms with Crippen molar-refractivity contribution in [3.63, 3.8) is 0 Å². The Morgan fingerprint density at radius 2 is 1.96 bits per heavy atom. The van der Waals surface area contributed by atoms with E-state index in [1.807, 2.05) is 0 Å². The van der Waals surface area contributed by atoms with Gasteiger partial charge in [-0.3, -0.25) is 4.79 Å². The van der Waals surface area contributed by atoms with Gasteiger partial charge in [0.25, 0.3) is 0 Å². The quantitative estimate of drug-likeness (QED) is 0.626. The highest BCUT2D eigenvalue weighted by Crippen LogP contribution is 2.20. The number of rotatable bonds is 11. The van der Waals surface area contributed by atoms with E-state index in [-0.39, 0.29) is 5.91 Å². The topological polar surface area (TPSA) is 58.1 Å². The van der Waals surface area contributed by atoms with E-state index in [1.165, 1.54) is 22.7 Å². The predicted molar refractivity (Wildman–Crippen MR) is 113 cm³/mol. The Labute approximate surface area is 167 Å². The Morgan fingerprint density at radius 1 is 1.22 bits per heavy atom. The Morgan fingerprint density at radius 3 is 2.63 bits per heavy atom. The molecule has 0 atom stereocenters. The first-order chi connectivity index (χ1) is 13.0. The molecule has 0 radical (unpaired) electrons. The molecule has 0 spiro atoms. The minimum absolute atomic E-state index is 0.106. The van der Waals surface area contributed by atoms with Gasteiger partial charge < -0.3 is 10.2 Å². The van der Waals surface area contributed by atoms with Gasteiger partial charge in [-0.2, -0.15) is 4.37 Å². The van der Waals surface area contributed by atoms with Crippen LogP contribution in [0, 0.1) is 12.8 Å². The van der Waals surface area contributed by atoms with E-state index in [0.717, 1.165) is 43.3 Å². The van der Waals surface area contributed by atoms with Gasteiger partial charge in [0.15, 0.2) is 0 Å². The van der Waals surface area contributed by atoms with Crippen LogP contribution in [-0.2, 0) is 11.2 Å². The highest BCUT2D eigenvalue weighted by Gasteiger charge is 2.14. The van der Waals surface area contributed by atoms with Gasteiger partial charge in [-0.15, -0.1) is 0 Å². The number of carbonyl (C=O) groups excluding carboxylic acids is 1. The number of amides is 1. The molecule has 2 aromatic rings. The molecule has 0 fully saturated rings. The molecule has 6 heteroatoms. The van der Waals surface area contributed by atoms with Crippen LogP contribution >= 0.6 is 11.5 Å². The van der Waals surface area contributed by atoms with Crippen LogP contribution in [0.4, 0.5) is 5.13 Å². The van der Waals surface area contributed by atoms with E-state index in [4.69, 9.17) is 4.98 Å². The van der Waals surface area contributed by atoms with Crippen molar-refractivity contribution in [2.75, 3.05) is 24.5 Å². The van der Waals surface area contributed by atoms with Crippen LogP contribution in [0.3, 0.4) is 0 Å². The molecule has 0 saturated heterocycles. The van der Waals surface area contributed by atoms with E-state index in [2.05, 4.69) is 66.6 Å². The normalized spacial score (nSPS) is 11.0. The molecule has 0 aliphatic rings. The number of unbranched alkanes of at least 4 members (excludes halogenated alkanes) is 1. The summed E-state index contributed by atoms with van der Waals surface area (Å²) in [6.45, 7) is 10.8. The minimum Gasteiger partial charge on any atom is -0.356 e. The summed E-state index contributed by atoms with van der Waals surface area (Å²) in [6.07, 6.45) is 3.43. The van der Waals surface area contributed by atoms with Gasteiger partial charge in [0.1, 0.15) is 5.82 Å². The Kier molecular flexibility index (Phi) is 8.72. The van der Waals surface area contributed by atoms with Crippen LogP contribution < -0.4 is 10.2 Å². The monoisotopic (exact) mass is 388 g/mol. The van der Waals surface area contributed by atoms with E-state index in [0.29, 0.717) is 18.9 Å². The molecule has 1 N–H and O–H groups in total. The van der Waals surface area contributed by atoms with E-state index in [9.17, 15) is 4.79 Å². The summed E-state index contributed by atoms with van der Waals surface area (Å²) in [4.78, 5) is 19.0. The highest BCUT2D eigenvalue weighted by atomic mass is 32.1. The maximum atomic E-state index is 12.1. The number of carbonyl (C=O) groups is 1. The summed E-state index contributed by atoms with van der Waals surface area (Å²) in [7, 11) is 0. The zero-order chi connectivity index (χ0) is 19.6. The van der Waals surface area contributed by atoms with Crippen molar-refractivity contribution in [2.24, 2.45) is 5.92 Å². The summed E-state index contributed by atoms with van der Waals surface area (Å²) < 4.78 is 4.54. The van der Waals surface area contributed by atoms with Gasteiger partial charge in [-0.25, -0.2) is 4.98 Å². The molecule has 148 valence electrons. The molecule has 1 amide bonds. The van der Waals surface area contributed by atoms with Gasteiger partial charge in [0.05, 0.1) is 0 Å². The lowest BCUT2D eigenvalue weighted by Crippen LogP contribution is -2.33. The van der Waals surface area contributed by atoms with E-state index in [1.54, 1.807) is 0 Å². The number of hydrogen-bond acceptors (Lipinski definition) is 5. The third-order valence-corrected chi connectivity index (χ3v) is 5.12. The zero-order valence-corrected chi connectivity index (χ0v) is 17.8. The SMILES string of the molecule is CCCCN(CCC(=O)NCC(C)C)c1nc(Cc2ccc(C)cc2)ns1. The van der Waals surface area contributed by atoms with Gasteiger partial charge in [0, 0.05) is 44.0 Å². The first kappa shape index (κ1) is 21.4.